The van der Waals surface area contributed by atoms with E-state index in [1.807, 2.05) is 36.9 Å². The van der Waals surface area contributed by atoms with Gasteiger partial charge in [0.2, 0.25) is 5.91 Å². The standard InChI is InChI=1S/C16H24N2O2/c1-11(2)14(17)10-16(19)18-8-4-5-12-9-13(20-3)6-7-15(12)18/h6-7,9,11,14H,4-5,8,10,17H2,1-3H3. The molecule has 0 radical (unpaired) electrons. The molecule has 20 heavy (non-hydrogen) atoms. The van der Waals surface area contributed by atoms with Gasteiger partial charge in [-0.2, -0.15) is 0 Å². The fourth-order valence-corrected chi connectivity index (χ4v) is 2.51. The average molecular weight is 276 g/mol. The highest BCUT2D eigenvalue weighted by Crippen LogP contribution is 2.31. The minimum absolute atomic E-state index is 0.0777. The molecule has 1 aromatic rings. The van der Waals surface area contributed by atoms with E-state index in [0.717, 1.165) is 30.8 Å². The van der Waals surface area contributed by atoms with E-state index in [1.54, 1.807) is 7.11 Å². The minimum Gasteiger partial charge on any atom is -0.497 e. The third-order valence-corrected chi connectivity index (χ3v) is 3.97. The van der Waals surface area contributed by atoms with Crippen LogP contribution in [0.25, 0.3) is 0 Å². The number of carbonyl (C=O) groups is 1. The summed E-state index contributed by atoms with van der Waals surface area (Å²) in [5.74, 6) is 1.29. The van der Waals surface area contributed by atoms with Crippen LogP contribution in [0, 0.1) is 5.92 Å². The molecule has 1 heterocycles. The summed E-state index contributed by atoms with van der Waals surface area (Å²) in [5.41, 5.74) is 8.22. The van der Waals surface area contributed by atoms with E-state index in [-0.39, 0.29) is 11.9 Å². The molecule has 4 heteroatoms. The molecule has 1 aliphatic rings. The first-order valence-electron chi connectivity index (χ1n) is 7.25. The van der Waals surface area contributed by atoms with Crippen LogP contribution in [-0.2, 0) is 11.2 Å². The second-order valence-electron chi connectivity index (χ2n) is 5.76. The van der Waals surface area contributed by atoms with E-state index in [9.17, 15) is 4.79 Å². The zero-order valence-electron chi connectivity index (χ0n) is 12.6. The molecule has 1 atom stereocenters. The van der Waals surface area contributed by atoms with Crippen LogP contribution in [0.1, 0.15) is 32.3 Å². The summed E-state index contributed by atoms with van der Waals surface area (Å²) in [6.45, 7) is 4.88. The molecule has 0 bridgehead atoms. The summed E-state index contributed by atoms with van der Waals surface area (Å²) >= 11 is 0. The number of hydrogen-bond acceptors (Lipinski definition) is 3. The number of carbonyl (C=O) groups excluding carboxylic acids is 1. The summed E-state index contributed by atoms with van der Waals surface area (Å²) in [6.07, 6.45) is 2.39. The number of amides is 1. The van der Waals surface area contributed by atoms with Crippen LogP contribution >= 0.6 is 0 Å². The van der Waals surface area contributed by atoms with Gasteiger partial charge in [0.05, 0.1) is 7.11 Å². The van der Waals surface area contributed by atoms with Crippen molar-refractivity contribution in [2.45, 2.75) is 39.2 Å². The Balaban J connectivity index is 2.17. The Bertz CT molecular complexity index is 485. The highest BCUT2D eigenvalue weighted by Gasteiger charge is 2.24. The molecule has 110 valence electrons. The maximum absolute atomic E-state index is 12.4. The van der Waals surface area contributed by atoms with Crippen LogP contribution < -0.4 is 15.4 Å². The number of ether oxygens (including phenoxy) is 1. The Hall–Kier alpha value is -1.55. The minimum atomic E-state index is -0.0777. The Morgan fingerprint density at radius 1 is 1.45 bits per heavy atom. The van der Waals surface area contributed by atoms with Gasteiger partial charge in [0.25, 0.3) is 0 Å². The Labute approximate surface area is 120 Å². The smallest absolute Gasteiger partial charge is 0.228 e. The van der Waals surface area contributed by atoms with Gasteiger partial charge in [-0.25, -0.2) is 0 Å². The van der Waals surface area contributed by atoms with Gasteiger partial charge in [0.15, 0.2) is 0 Å². The van der Waals surface area contributed by atoms with Crippen LogP contribution in [0.3, 0.4) is 0 Å². The first-order valence-corrected chi connectivity index (χ1v) is 7.25. The lowest BCUT2D eigenvalue weighted by molar-refractivity contribution is -0.119. The number of anilines is 1. The second-order valence-corrected chi connectivity index (χ2v) is 5.76. The number of nitrogens with two attached hydrogens (primary N) is 1. The summed E-state index contributed by atoms with van der Waals surface area (Å²) in [7, 11) is 1.66. The lowest BCUT2D eigenvalue weighted by Gasteiger charge is -2.31. The number of nitrogens with zero attached hydrogens (tertiary/aromatic N) is 1. The number of aryl methyl sites for hydroxylation is 1. The molecular formula is C16H24N2O2. The first kappa shape index (κ1) is 14.9. The predicted molar refractivity (Wildman–Crippen MR) is 81.1 cm³/mol. The van der Waals surface area contributed by atoms with Crippen molar-refractivity contribution in [3.63, 3.8) is 0 Å². The summed E-state index contributed by atoms with van der Waals surface area (Å²) in [4.78, 5) is 14.3. The summed E-state index contributed by atoms with van der Waals surface area (Å²) < 4.78 is 5.25. The number of rotatable bonds is 4. The molecule has 0 aromatic heterocycles. The van der Waals surface area contributed by atoms with Gasteiger partial charge >= 0.3 is 0 Å². The molecule has 2 rings (SSSR count). The Morgan fingerprint density at radius 2 is 2.20 bits per heavy atom. The van der Waals surface area contributed by atoms with E-state index < -0.39 is 0 Å². The third kappa shape index (κ3) is 3.12. The molecule has 1 aliphatic heterocycles. The molecule has 0 saturated carbocycles. The van der Waals surface area contributed by atoms with Gasteiger partial charge in [-0.3, -0.25) is 4.79 Å². The molecule has 2 N–H and O–H groups in total. The van der Waals surface area contributed by atoms with Gasteiger partial charge in [0.1, 0.15) is 5.75 Å². The monoisotopic (exact) mass is 276 g/mol. The van der Waals surface area contributed by atoms with Crippen LogP contribution in [0.4, 0.5) is 5.69 Å². The van der Waals surface area contributed by atoms with Crippen molar-refractivity contribution in [2.75, 3.05) is 18.6 Å². The fraction of sp³-hybridized carbons (Fsp3) is 0.562. The average Bonchev–Trinajstić information content (AvgIpc) is 2.45. The quantitative estimate of drug-likeness (QED) is 0.918. The predicted octanol–water partition coefficient (Wildman–Crippen LogP) is 2.35. The number of hydrogen-bond donors (Lipinski definition) is 1. The van der Waals surface area contributed by atoms with E-state index >= 15 is 0 Å². The van der Waals surface area contributed by atoms with Gasteiger partial charge in [0, 0.05) is 24.7 Å². The maximum atomic E-state index is 12.4. The third-order valence-electron chi connectivity index (χ3n) is 3.97. The van der Waals surface area contributed by atoms with Crippen LogP contribution in [0.15, 0.2) is 18.2 Å². The van der Waals surface area contributed by atoms with E-state index in [1.165, 1.54) is 5.56 Å². The van der Waals surface area contributed by atoms with E-state index in [4.69, 9.17) is 10.5 Å². The number of benzene rings is 1. The van der Waals surface area contributed by atoms with Crippen molar-refractivity contribution in [1.82, 2.24) is 0 Å². The van der Waals surface area contributed by atoms with Crippen molar-refractivity contribution in [3.05, 3.63) is 23.8 Å². The lowest BCUT2D eigenvalue weighted by atomic mass is 9.98. The molecule has 1 aromatic carbocycles. The molecule has 4 nitrogen and oxygen atoms in total. The Kier molecular flexibility index (Phi) is 4.65. The SMILES string of the molecule is COc1ccc2c(c1)CCCN2C(=O)CC(N)C(C)C. The summed E-state index contributed by atoms with van der Waals surface area (Å²) in [6, 6.07) is 5.84. The highest BCUT2D eigenvalue weighted by molar-refractivity contribution is 5.95. The number of methoxy groups -OCH3 is 1. The topological polar surface area (TPSA) is 55.6 Å². The van der Waals surface area contributed by atoms with Crippen LogP contribution in [-0.4, -0.2) is 25.6 Å². The van der Waals surface area contributed by atoms with E-state index in [2.05, 4.69) is 0 Å². The van der Waals surface area contributed by atoms with Crippen molar-refractivity contribution >= 4 is 11.6 Å². The molecule has 0 saturated heterocycles. The highest BCUT2D eigenvalue weighted by atomic mass is 16.5. The Morgan fingerprint density at radius 3 is 2.85 bits per heavy atom. The molecule has 0 fully saturated rings. The maximum Gasteiger partial charge on any atom is 0.228 e. The molecule has 0 spiro atoms. The fourth-order valence-electron chi connectivity index (χ4n) is 2.51. The molecule has 1 amide bonds. The van der Waals surface area contributed by atoms with E-state index in [0.29, 0.717) is 12.3 Å². The van der Waals surface area contributed by atoms with Gasteiger partial charge in [-0.05, 0) is 42.5 Å². The first-order chi connectivity index (χ1) is 9.52. The molecule has 0 aliphatic carbocycles. The molecular weight excluding hydrogens is 252 g/mol. The van der Waals surface area contributed by atoms with Crippen LogP contribution in [0.5, 0.6) is 5.75 Å². The van der Waals surface area contributed by atoms with Crippen LogP contribution in [0.2, 0.25) is 0 Å². The van der Waals surface area contributed by atoms with Crippen molar-refractivity contribution in [2.24, 2.45) is 11.7 Å². The summed E-state index contributed by atoms with van der Waals surface area (Å²) in [5, 5.41) is 0. The lowest BCUT2D eigenvalue weighted by Crippen LogP contribution is -2.40. The van der Waals surface area contributed by atoms with Crippen molar-refractivity contribution in [1.29, 1.82) is 0 Å². The number of fused-ring (bicyclic) bond motifs is 1. The largest absolute Gasteiger partial charge is 0.497 e. The normalized spacial score (nSPS) is 15.9. The zero-order chi connectivity index (χ0) is 14.7. The van der Waals surface area contributed by atoms with Crippen molar-refractivity contribution in [3.8, 4) is 5.75 Å². The zero-order valence-corrected chi connectivity index (χ0v) is 12.6. The molecule has 1 unspecified atom stereocenters. The van der Waals surface area contributed by atoms with Crippen molar-refractivity contribution < 1.29 is 9.53 Å². The van der Waals surface area contributed by atoms with Gasteiger partial charge < -0.3 is 15.4 Å². The van der Waals surface area contributed by atoms with Gasteiger partial charge in [-0.15, -0.1) is 0 Å². The second kappa shape index (κ2) is 6.27. The van der Waals surface area contributed by atoms with Gasteiger partial charge in [-0.1, -0.05) is 13.8 Å².